The number of nitrogens with one attached hydrogen (secondary N) is 1. The first-order valence-corrected chi connectivity index (χ1v) is 12.7. The van der Waals surface area contributed by atoms with Gasteiger partial charge in [-0.15, -0.1) is 11.3 Å². The van der Waals surface area contributed by atoms with Crippen molar-refractivity contribution < 1.29 is 9.53 Å². The maximum atomic E-state index is 13.7. The van der Waals surface area contributed by atoms with Crippen LogP contribution in [0.15, 0.2) is 87.1 Å². The first-order valence-electron chi connectivity index (χ1n) is 11.0. The van der Waals surface area contributed by atoms with Crippen LogP contribution in [0.3, 0.4) is 0 Å². The molecule has 4 aromatic rings. The molecule has 3 heterocycles. The van der Waals surface area contributed by atoms with Crippen LogP contribution >= 0.6 is 22.7 Å². The quantitative estimate of drug-likeness (QED) is 0.444. The molecule has 1 N–H and O–H groups in total. The lowest BCUT2D eigenvalue weighted by atomic mass is 9.95. The van der Waals surface area contributed by atoms with Crippen LogP contribution in [0.1, 0.15) is 29.0 Å². The first kappa shape index (κ1) is 23.0. The van der Waals surface area contributed by atoms with Gasteiger partial charge < -0.3 is 10.1 Å². The molecule has 1 unspecified atom stereocenters. The van der Waals surface area contributed by atoms with Crippen LogP contribution in [0, 0.1) is 6.92 Å². The van der Waals surface area contributed by atoms with Crippen molar-refractivity contribution in [2.45, 2.75) is 19.9 Å². The van der Waals surface area contributed by atoms with Crippen molar-refractivity contribution in [2.75, 3.05) is 12.4 Å². The number of thiophene rings is 1. The van der Waals surface area contributed by atoms with Crippen LogP contribution in [-0.4, -0.2) is 17.6 Å². The molecule has 176 valence electrons. The Hall–Kier alpha value is -3.75. The summed E-state index contributed by atoms with van der Waals surface area (Å²) in [4.78, 5) is 33.6. The van der Waals surface area contributed by atoms with Crippen LogP contribution in [-0.2, 0) is 4.79 Å². The number of fused-ring (bicyclic) bond motifs is 1. The predicted molar refractivity (Wildman–Crippen MR) is 141 cm³/mol. The van der Waals surface area contributed by atoms with Gasteiger partial charge in [0.2, 0.25) is 0 Å². The van der Waals surface area contributed by atoms with Crippen molar-refractivity contribution in [3.05, 3.63) is 113 Å². The number of ether oxygens (including phenoxy) is 1. The van der Waals surface area contributed by atoms with Crippen molar-refractivity contribution in [3.8, 4) is 5.75 Å². The van der Waals surface area contributed by atoms with E-state index in [4.69, 9.17) is 9.73 Å². The van der Waals surface area contributed by atoms with Gasteiger partial charge in [0, 0.05) is 10.6 Å². The van der Waals surface area contributed by atoms with E-state index in [1.165, 1.54) is 11.3 Å². The second-order valence-electron chi connectivity index (χ2n) is 8.11. The van der Waals surface area contributed by atoms with Crippen LogP contribution in [0.2, 0.25) is 0 Å². The number of rotatable bonds is 5. The van der Waals surface area contributed by atoms with Gasteiger partial charge in [-0.3, -0.25) is 14.2 Å². The van der Waals surface area contributed by atoms with Crippen LogP contribution < -0.4 is 24.9 Å². The fourth-order valence-electron chi connectivity index (χ4n) is 4.12. The topological polar surface area (TPSA) is 72.7 Å². The molecule has 8 heteroatoms. The lowest BCUT2D eigenvalue weighted by Gasteiger charge is -2.25. The number of aryl methyl sites for hydroxylation is 1. The summed E-state index contributed by atoms with van der Waals surface area (Å²) < 4.78 is 7.53. The zero-order chi connectivity index (χ0) is 24.5. The Morgan fingerprint density at radius 1 is 1.09 bits per heavy atom. The summed E-state index contributed by atoms with van der Waals surface area (Å²) >= 11 is 2.98. The third-order valence-corrected chi connectivity index (χ3v) is 7.76. The van der Waals surface area contributed by atoms with Gasteiger partial charge in [-0.25, -0.2) is 4.99 Å². The molecule has 1 aliphatic rings. The van der Waals surface area contributed by atoms with Crippen molar-refractivity contribution >= 4 is 40.3 Å². The highest BCUT2D eigenvalue weighted by Crippen LogP contribution is 2.31. The highest BCUT2D eigenvalue weighted by molar-refractivity contribution is 7.10. The zero-order valence-corrected chi connectivity index (χ0v) is 21.1. The molecule has 1 amide bonds. The molecule has 0 saturated heterocycles. The van der Waals surface area contributed by atoms with Crippen LogP contribution in [0.25, 0.3) is 6.08 Å². The summed E-state index contributed by atoms with van der Waals surface area (Å²) in [5.74, 6) is 0.409. The standard InChI is InChI=1S/C27H23N3O3S2/c1-16-23(25(31)29-20-7-5-4-6-8-20)24(18-9-11-21(33-3)12-10-18)30-26(32)22(35-27(30)28-16)15-19-13-14-34-17(19)2/h4-15,24H,1-3H3,(H,29,31). The lowest BCUT2D eigenvalue weighted by molar-refractivity contribution is -0.113. The molecule has 0 radical (unpaired) electrons. The number of amides is 1. The largest absolute Gasteiger partial charge is 0.497 e. The molecule has 2 aromatic heterocycles. The first-order chi connectivity index (χ1) is 17.0. The van der Waals surface area contributed by atoms with Crippen LogP contribution in [0.5, 0.6) is 5.75 Å². The maximum Gasteiger partial charge on any atom is 0.271 e. The Morgan fingerprint density at radius 3 is 2.49 bits per heavy atom. The SMILES string of the molecule is COc1ccc(C2C(C(=O)Nc3ccccc3)=C(C)N=c3sc(=Cc4ccsc4C)c(=O)n32)cc1. The minimum Gasteiger partial charge on any atom is -0.497 e. The number of nitrogens with zero attached hydrogens (tertiary/aromatic N) is 2. The second kappa shape index (κ2) is 9.48. The third-order valence-electron chi connectivity index (χ3n) is 5.92. The molecule has 0 saturated carbocycles. The number of aromatic nitrogens is 1. The Kier molecular flexibility index (Phi) is 6.23. The Morgan fingerprint density at radius 2 is 1.83 bits per heavy atom. The molecule has 0 spiro atoms. The molecular formula is C27H23N3O3S2. The Balaban J connectivity index is 1.68. The monoisotopic (exact) mass is 501 g/mol. The number of carbonyl (C=O) groups excluding carboxylic acids is 1. The van der Waals surface area contributed by atoms with E-state index >= 15 is 0 Å². The molecular weight excluding hydrogens is 478 g/mol. The van der Waals surface area contributed by atoms with E-state index in [1.54, 1.807) is 23.0 Å². The van der Waals surface area contributed by atoms with Crippen molar-refractivity contribution in [2.24, 2.45) is 4.99 Å². The van der Waals surface area contributed by atoms with Gasteiger partial charge in [0.05, 0.1) is 29.0 Å². The Labute approximate surface area is 210 Å². The molecule has 1 aliphatic heterocycles. The summed E-state index contributed by atoms with van der Waals surface area (Å²) in [6, 6.07) is 18.1. The number of methoxy groups -OCH3 is 1. The molecule has 0 aliphatic carbocycles. The van der Waals surface area contributed by atoms with E-state index in [-0.39, 0.29) is 11.5 Å². The number of hydrogen-bond donors (Lipinski definition) is 1. The maximum absolute atomic E-state index is 13.7. The Bertz CT molecular complexity index is 1610. The highest BCUT2D eigenvalue weighted by Gasteiger charge is 2.32. The van der Waals surface area contributed by atoms with E-state index in [1.807, 2.05) is 86.0 Å². The average molecular weight is 502 g/mol. The molecule has 2 aromatic carbocycles. The molecule has 1 atom stereocenters. The number of anilines is 1. The van der Waals surface area contributed by atoms with Crippen molar-refractivity contribution in [3.63, 3.8) is 0 Å². The van der Waals surface area contributed by atoms with Gasteiger partial charge >= 0.3 is 0 Å². The average Bonchev–Trinajstić information content (AvgIpc) is 3.41. The minimum atomic E-state index is -0.619. The summed E-state index contributed by atoms with van der Waals surface area (Å²) in [5.41, 5.74) is 3.34. The summed E-state index contributed by atoms with van der Waals surface area (Å²) in [6.45, 7) is 3.85. The number of carbonyl (C=O) groups is 1. The second-order valence-corrected chi connectivity index (χ2v) is 10.2. The van der Waals surface area contributed by atoms with Crippen molar-refractivity contribution in [1.82, 2.24) is 4.57 Å². The number of benzene rings is 2. The molecule has 0 bridgehead atoms. The molecule has 5 rings (SSSR count). The summed E-state index contributed by atoms with van der Waals surface area (Å²) in [7, 11) is 1.60. The summed E-state index contributed by atoms with van der Waals surface area (Å²) in [6.07, 6.45) is 1.91. The van der Waals surface area contributed by atoms with Crippen molar-refractivity contribution in [1.29, 1.82) is 0 Å². The normalized spacial score (nSPS) is 15.5. The number of hydrogen-bond acceptors (Lipinski definition) is 6. The predicted octanol–water partition coefficient (Wildman–Crippen LogP) is 4.25. The zero-order valence-electron chi connectivity index (χ0n) is 19.4. The van der Waals surface area contributed by atoms with Gasteiger partial charge in [0.15, 0.2) is 4.80 Å². The van der Waals surface area contributed by atoms with Crippen LogP contribution in [0.4, 0.5) is 5.69 Å². The third kappa shape index (κ3) is 4.38. The molecule has 35 heavy (non-hydrogen) atoms. The molecule has 6 nitrogen and oxygen atoms in total. The van der Waals surface area contributed by atoms with E-state index < -0.39 is 6.04 Å². The van der Waals surface area contributed by atoms with Gasteiger partial charge in [-0.2, -0.15) is 0 Å². The lowest BCUT2D eigenvalue weighted by Crippen LogP contribution is -2.40. The van der Waals surface area contributed by atoms with Gasteiger partial charge in [-0.05, 0) is 66.8 Å². The fraction of sp³-hybridized carbons (Fsp3) is 0.148. The smallest absolute Gasteiger partial charge is 0.271 e. The van der Waals surface area contributed by atoms with Gasteiger partial charge in [0.1, 0.15) is 5.75 Å². The highest BCUT2D eigenvalue weighted by atomic mass is 32.1. The number of para-hydroxylation sites is 1. The van der Waals surface area contributed by atoms with Gasteiger partial charge in [-0.1, -0.05) is 41.7 Å². The minimum absolute atomic E-state index is 0.169. The fourth-order valence-corrected chi connectivity index (χ4v) is 5.84. The van der Waals surface area contributed by atoms with E-state index in [2.05, 4.69) is 5.32 Å². The molecule has 0 fully saturated rings. The van der Waals surface area contributed by atoms with E-state index in [0.717, 1.165) is 16.0 Å². The summed E-state index contributed by atoms with van der Waals surface area (Å²) in [5, 5.41) is 4.97. The van der Waals surface area contributed by atoms with Gasteiger partial charge in [0.25, 0.3) is 11.5 Å². The number of thiazole rings is 1. The number of allylic oxidation sites excluding steroid dienone is 1. The van der Waals surface area contributed by atoms with E-state index in [0.29, 0.717) is 32.0 Å². The van der Waals surface area contributed by atoms with E-state index in [9.17, 15) is 9.59 Å².